The van der Waals surface area contributed by atoms with Crippen LogP contribution >= 0.6 is 35.6 Å². The highest BCUT2D eigenvalue weighted by atomic mass is 35.5. The summed E-state index contributed by atoms with van der Waals surface area (Å²) in [5.74, 6) is -0.0794. The van der Waals surface area contributed by atoms with Gasteiger partial charge in [-0.15, -0.1) is 0 Å². The Labute approximate surface area is 214 Å². The fourth-order valence-corrected chi connectivity index (χ4v) is 5.97. The van der Waals surface area contributed by atoms with Crippen LogP contribution in [0.5, 0.6) is 0 Å². The number of carbonyl (C=O) groups excluding carboxylic acids is 1. The van der Waals surface area contributed by atoms with Crippen molar-refractivity contribution in [2.24, 2.45) is 0 Å². The number of nitrogens with zero attached hydrogens (tertiary/aromatic N) is 2. The van der Waals surface area contributed by atoms with Crippen LogP contribution in [0, 0.1) is 20.8 Å². The molecule has 4 aromatic rings. The lowest BCUT2D eigenvalue weighted by Gasteiger charge is -2.17. The van der Waals surface area contributed by atoms with E-state index in [0.29, 0.717) is 15.8 Å². The minimum Gasteiger partial charge on any atom is -0.340 e. The number of aryl methyl sites for hydroxylation is 2. The topological polar surface area (TPSA) is 25.2 Å². The molecule has 0 saturated carbocycles. The fourth-order valence-electron chi connectivity index (χ4n) is 4.50. The second-order valence-electron chi connectivity index (χ2n) is 8.50. The Morgan fingerprint density at radius 2 is 1.74 bits per heavy atom. The van der Waals surface area contributed by atoms with Crippen molar-refractivity contribution in [3.05, 3.63) is 105 Å². The SMILES string of the molecule is Cc1ccc(N2C(=O)/C(=C\c3c(C)n(Cc4ccccc4Cl)c4ccccc34)SC2=S)c(C)c1. The van der Waals surface area contributed by atoms with E-state index in [1.165, 1.54) is 11.8 Å². The number of thioether (sulfide) groups is 1. The average Bonchev–Trinajstić information content (AvgIpc) is 3.23. The van der Waals surface area contributed by atoms with Crippen LogP contribution in [0.3, 0.4) is 0 Å². The number of amides is 1. The van der Waals surface area contributed by atoms with Gasteiger partial charge in [0, 0.05) is 33.7 Å². The van der Waals surface area contributed by atoms with Crippen LogP contribution in [0.4, 0.5) is 5.69 Å². The number of hydrogen-bond donors (Lipinski definition) is 0. The Hall–Kier alpha value is -2.86. The van der Waals surface area contributed by atoms with Crippen molar-refractivity contribution in [3.63, 3.8) is 0 Å². The molecule has 1 amide bonds. The highest BCUT2D eigenvalue weighted by molar-refractivity contribution is 8.27. The molecular formula is C28H23ClN2OS2. The predicted octanol–water partition coefficient (Wildman–Crippen LogP) is 7.67. The summed E-state index contributed by atoms with van der Waals surface area (Å²) < 4.78 is 2.81. The third kappa shape index (κ3) is 3.98. The van der Waals surface area contributed by atoms with Crippen molar-refractivity contribution in [2.75, 3.05) is 4.90 Å². The highest BCUT2D eigenvalue weighted by Gasteiger charge is 2.34. The molecule has 3 aromatic carbocycles. The lowest BCUT2D eigenvalue weighted by molar-refractivity contribution is -0.113. The molecule has 0 bridgehead atoms. The third-order valence-corrected chi connectivity index (χ3v) is 7.90. The Bertz CT molecular complexity index is 1500. The number of para-hydroxylation sites is 1. The minimum atomic E-state index is -0.0794. The van der Waals surface area contributed by atoms with Crippen LogP contribution in [-0.2, 0) is 11.3 Å². The normalized spacial score (nSPS) is 15.2. The smallest absolute Gasteiger partial charge is 0.270 e. The van der Waals surface area contributed by atoms with E-state index < -0.39 is 0 Å². The number of carbonyl (C=O) groups is 1. The number of benzene rings is 3. The minimum absolute atomic E-state index is 0.0794. The van der Waals surface area contributed by atoms with Gasteiger partial charge in [0.2, 0.25) is 0 Å². The van der Waals surface area contributed by atoms with E-state index in [9.17, 15) is 4.79 Å². The lowest BCUT2D eigenvalue weighted by Crippen LogP contribution is -2.28. The van der Waals surface area contributed by atoms with Crippen molar-refractivity contribution in [1.82, 2.24) is 4.57 Å². The zero-order chi connectivity index (χ0) is 24.0. The van der Waals surface area contributed by atoms with Crippen LogP contribution < -0.4 is 4.90 Å². The molecular weight excluding hydrogens is 480 g/mol. The molecule has 0 unspecified atom stereocenters. The molecule has 2 heterocycles. The maximum absolute atomic E-state index is 13.5. The highest BCUT2D eigenvalue weighted by Crippen LogP contribution is 2.39. The van der Waals surface area contributed by atoms with Crippen molar-refractivity contribution in [1.29, 1.82) is 0 Å². The Kier molecular flexibility index (Phi) is 6.11. The molecule has 170 valence electrons. The van der Waals surface area contributed by atoms with Crippen molar-refractivity contribution in [2.45, 2.75) is 27.3 Å². The van der Waals surface area contributed by atoms with Gasteiger partial charge in [0.25, 0.3) is 5.91 Å². The first-order valence-electron chi connectivity index (χ1n) is 11.0. The Balaban J connectivity index is 1.58. The summed E-state index contributed by atoms with van der Waals surface area (Å²) >= 11 is 13.4. The first-order valence-corrected chi connectivity index (χ1v) is 12.6. The van der Waals surface area contributed by atoms with Gasteiger partial charge < -0.3 is 4.57 Å². The summed E-state index contributed by atoms with van der Waals surface area (Å²) in [6.45, 7) is 6.80. The summed E-state index contributed by atoms with van der Waals surface area (Å²) in [7, 11) is 0. The number of rotatable bonds is 4. The van der Waals surface area contributed by atoms with Gasteiger partial charge in [-0.25, -0.2) is 0 Å². The first kappa shape index (κ1) is 22.9. The molecule has 6 heteroatoms. The number of hydrogen-bond acceptors (Lipinski definition) is 3. The number of aromatic nitrogens is 1. The van der Waals surface area contributed by atoms with Gasteiger partial charge in [0.05, 0.1) is 10.6 Å². The molecule has 5 rings (SSSR count). The van der Waals surface area contributed by atoms with E-state index in [2.05, 4.69) is 29.7 Å². The summed E-state index contributed by atoms with van der Waals surface area (Å²) in [6.07, 6.45) is 1.99. The Morgan fingerprint density at radius 1 is 1.00 bits per heavy atom. The molecule has 1 aromatic heterocycles. The van der Waals surface area contributed by atoms with Crippen LogP contribution in [0.25, 0.3) is 17.0 Å². The van der Waals surface area contributed by atoms with E-state index >= 15 is 0 Å². The molecule has 1 fully saturated rings. The lowest BCUT2D eigenvalue weighted by atomic mass is 10.1. The molecule has 1 aliphatic heterocycles. The van der Waals surface area contributed by atoms with E-state index in [0.717, 1.165) is 49.6 Å². The van der Waals surface area contributed by atoms with Crippen molar-refractivity contribution < 1.29 is 4.79 Å². The summed E-state index contributed by atoms with van der Waals surface area (Å²) in [4.78, 5) is 15.8. The van der Waals surface area contributed by atoms with E-state index in [1.54, 1.807) is 4.90 Å². The zero-order valence-corrected chi connectivity index (χ0v) is 21.5. The maximum atomic E-state index is 13.5. The third-order valence-electron chi connectivity index (χ3n) is 6.23. The molecule has 1 aliphatic rings. The number of fused-ring (bicyclic) bond motifs is 1. The molecule has 3 nitrogen and oxygen atoms in total. The van der Waals surface area contributed by atoms with Crippen LogP contribution in [0.15, 0.2) is 71.6 Å². The molecule has 0 radical (unpaired) electrons. The van der Waals surface area contributed by atoms with Crippen LogP contribution in [0.1, 0.15) is 27.9 Å². The van der Waals surface area contributed by atoms with E-state index in [1.807, 2.05) is 68.5 Å². The van der Waals surface area contributed by atoms with Gasteiger partial charge in [0.15, 0.2) is 4.32 Å². The van der Waals surface area contributed by atoms with Crippen LogP contribution in [-0.4, -0.2) is 14.8 Å². The zero-order valence-electron chi connectivity index (χ0n) is 19.1. The molecule has 0 aliphatic carbocycles. The number of anilines is 1. The standard InChI is InChI=1S/C28H23ClN2OS2/c1-17-12-13-24(18(2)14-17)31-27(32)26(34-28(31)33)15-22-19(3)30(25-11-7-5-9-21(22)25)16-20-8-4-6-10-23(20)29/h4-15H,16H2,1-3H3/b26-15+. The molecule has 0 atom stereocenters. The Morgan fingerprint density at radius 3 is 2.50 bits per heavy atom. The number of halogens is 1. The number of thiocarbonyl (C=S) groups is 1. The van der Waals surface area contributed by atoms with Crippen molar-refractivity contribution in [3.8, 4) is 0 Å². The van der Waals surface area contributed by atoms with Gasteiger partial charge in [-0.1, -0.05) is 89.7 Å². The molecule has 0 N–H and O–H groups in total. The monoisotopic (exact) mass is 502 g/mol. The largest absolute Gasteiger partial charge is 0.340 e. The van der Waals surface area contributed by atoms with Crippen molar-refractivity contribution >= 4 is 68.5 Å². The van der Waals surface area contributed by atoms with Gasteiger partial charge in [-0.3, -0.25) is 9.69 Å². The average molecular weight is 503 g/mol. The van der Waals surface area contributed by atoms with Gasteiger partial charge in [0.1, 0.15) is 0 Å². The first-order chi connectivity index (χ1) is 16.3. The fraction of sp³-hybridized carbons (Fsp3) is 0.143. The molecule has 0 spiro atoms. The van der Waals surface area contributed by atoms with Gasteiger partial charge in [-0.2, -0.15) is 0 Å². The van der Waals surface area contributed by atoms with E-state index in [-0.39, 0.29) is 5.91 Å². The maximum Gasteiger partial charge on any atom is 0.270 e. The summed E-state index contributed by atoms with van der Waals surface area (Å²) in [5.41, 5.74) is 7.31. The second kappa shape index (κ2) is 9.06. The predicted molar refractivity (Wildman–Crippen MR) is 149 cm³/mol. The van der Waals surface area contributed by atoms with E-state index in [4.69, 9.17) is 23.8 Å². The van der Waals surface area contributed by atoms with Gasteiger partial charge in [-0.05, 0) is 56.2 Å². The quantitative estimate of drug-likeness (QED) is 0.211. The summed E-state index contributed by atoms with van der Waals surface area (Å²) in [6, 6.07) is 22.2. The van der Waals surface area contributed by atoms with Gasteiger partial charge >= 0.3 is 0 Å². The summed E-state index contributed by atoms with van der Waals surface area (Å²) in [5, 5.41) is 1.85. The molecule has 34 heavy (non-hydrogen) atoms. The van der Waals surface area contributed by atoms with Crippen LogP contribution in [0.2, 0.25) is 5.02 Å². The second-order valence-corrected chi connectivity index (χ2v) is 10.6. The molecule has 1 saturated heterocycles.